The quantitative estimate of drug-likeness (QED) is 0.735. The molecule has 0 bridgehead atoms. The summed E-state index contributed by atoms with van der Waals surface area (Å²) in [6.07, 6.45) is 1.59. The molecule has 132 valence electrons. The second kappa shape index (κ2) is 7.07. The van der Waals surface area contributed by atoms with E-state index in [9.17, 15) is 4.79 Å². The number of benzene rings is 2. The number of aromatic amines is 1. The number of nitriles is 1. The summed E-state index contributed by atoms with van der Waals surface area (Å²) in [6.45, 7) is 0. The summed E-state index contributed by atoms with van der Waals surface area (Å²) in [5.74, 6) is 0.964. The summed E-state index contributed by atoms with van der Waals surface area (Å²) in [5.41, 5.74) is 2.06. The molecule has 0 unspecified atom stereocenters. The smallest absolute Gasteiger partial charge is 0.257 e. The molecule has 0 saturated heterocycles. The molecule has 0 aliphatic heterocycles. The number of hydrogen-bond donors (Lipinski definition) is 2. The van der Waals surface area contributed by atoms with Gasteiger partial charge in [0.25, 0.3) is 5.91 Å². The van der Waals surface area contributed by atoms with Crippen LogP contribution < -0.4 is 19.5 Å². The lowest BCUT2D eigenvalue weighted by atomic mass is 10.1. The van der Waals surface area contributed by atoms with Gasteiger partial charge in [0.2, 0.25) is 5.75 Å². The maximum atomic E-state index is 12.8. The molecule has 0 atom stereocenters. The number of nitrogens with one attached hydrogen (secondary N) is 2. The van der Waals surface area contributed by atoms with Crippen LogP contribution in [0.1, 0.15) is 15.9 Å². The SMILES string of the molecule is COc1cc2[nH]cc(C(=O)Nc3cccc(C#N)c3)c2c(OC)c1OC. The minimum absolute atomic E-state index is 0.336. The number of H-pyrrole nitrogens is 1. The number of anilines is 1. The molecule has 0 radical (unpaired) electrons. The van der Waals surface area contributed by atoms with Crippen LogP contribution in [0.5, 0.6) is 17.2 Å². The molecule has 0 aliphatic rings. The van der Waals surface area contributed by atoms with E-state index in [0.29, 0.717) is 45.0 Å². The monoisotopic (exact) mass is 351 g/mol. The van der Waals surface area contributed by atoms with Crippen molar-refractivity contribution >= 4 is 22.5 Å². The van der Waals surface area contributed by atoms with E-state index in [1.807, 2.05) is 6.07 Å². The van der Waals surface area contributed by atoms with Gasteiger partial charge in [-0.15, -0.1) is 0 Å². The van der Waals surface area contributed by atoms with Gasteiger partial charge >= 0.3 is 0 Å². The lowest BCUT2D eigenvalue weighted by molar-refractivity contribution is 0.102. The number of fused-ring (bicyclic) bond motifs is 1. The predicted molar refractivity (Wildman–Crippen MR) is 97.1 cm³/mol. The number of carbonyl (C=O) groups excluding carboxylic acids is 1. The molecule has 0 spiro atoms. The van der Waals surface area contributed by atoms with Crippen LogP contribution >= 0.6 is 0 Å². The predicted octanol–water partition coefficient (Wildman–Crippen LogP) is 3.32. The van der Waals surface area contributed by atoms with Crippen molar-refractivity contribution in [2.75, 3.05) is 26.6 Å². The van der Waals surface area contributed by atoms with Gasteiger partial charge in [-0.3, -0.25) is 4.79 Å². The maximum Gasteiger partial charge on any atom is 0.257 e. The van der Waals surface area contributed by atoms with Crippen LogP contribution in [0.4, 0.5) is 5.69 Å². The number of carbonyl (C=O) groups is 1. The first-order chi connectivity index (χ1) is 12.6. The van der Waals surface area contributed by atoms with Crippen LogP contribution in [0.2, 0.25) is 0 Å². The van der Waals surface area contributed by atoms with Crippen molar-refractivity contribution in [1.82, 2.24) is 4.98 Å². The largest absolute Gasteiger partial charge is 0.493 e. The number of nitrogens with zero attached hydrogens (tertiary/aromatic N) is 1. The summed E-state index contributed by atoms with van der Waals surface area (Å²) in [6, 6.07) is 10.5. The maximum absolute atomic E-state index is 12.8. The van der Waals surface area contributed by atoms with E-state index in [0.717, 1.165) is 0 Å². The van der Waals surface area contributed by atoms with Crippen molar-refractivity contribution in [3.05, 3.63) is 47.7 Å². The van der Waals surface area contributed by atoms with E-state index in [1.165, 1.54) is 21.3 Å². The fourth-order valence-electron chi connectivity index (χ4n) is 2.80. The van der Waals surface area contributed by atoms with E-state index < -0.39 is 0 Å². The average Bonchev–Trinajstić information content (AvgIpc) is 3.10. The first-order valence-corrected chi connectivity index (χ1v) is 7.74. The van der Waals surface area contributed by atoms with Crippen molar-refractivity contribution in [2.45, 2.75) is 0 Å². The van der Waals surface area contributed by atoms with Crippen molar-refractivity contribution in [3.63, 3.8) is 0 Å². The van der Waals surface area contributed by atoms with Crippen molar-refractivity contribution in [3.8, 4) is 23.3 Å². The lowest BCUT2D eigenvalue weighted by Crippen LogP contribution is -2.11. The van der Waals surface area contributed by atoms with Crippen LogP contribution in [0, 0.1) is 11.3 Å². The highest BCUT2D eigenvalue weighted by Gasteiger charge is 2.22. The Morgan fingerprint density at radius 2 is 1.88 bits per heavy atom. The molecule has 1 aromatic heterocycles. The van der Waals surface area contributed by atoms with Gasteiger partial charge in [-0.1, -0.05) is 6.07 Å². The number of hydrogen-bond acceptors (Lipinski definition) is 5. The summed E-state index contributed by atoms with van der Waals surface area (Å²) < 4.78 is 16.2. The van der Waals surface area contributed by atoms with Crippen LogP contribution in [-0.4, -0.2) is 32.2 Å². The lowest BCUT2D eigenvalue weighted by Gasteiger charge is -2.14. The van der Waals surface area contributed by atoms with E-state index in [-0.39, 0.29) is 5.91 Å². The van der Waals surface area contributed by atoms with Gasteiger partial charge in [-0.25, -0.2) is 0 Å². The van der Waals surface area contributed by atoms with E-state index in [4.69, 9.17) is 19.5 Å². The highest BCUT2D eigenvalue weighted by molar-refractivity contribution is 6.15. The van der Waals surface area contributed by atoms with Crippen LogP contribution in [0.15, 0.2) is 36.5 Å². The summed E-state index contributed by atoms with van der Waals surface area (Å²) >= 11 is 0. The normalized spacial score (nSPS) is 10.2. The molecule has 0 fully saturated rings. The minimum Gasteiger partial charge on any atom is -0.493 e. The molecule has 0 aliphatic carbocycles. The average molecular weight is 351 g/mol. The number of aromatic nitrogens is 1. The van der Waals surface area contributed by atoms with Crippen molar-refractivity contribution < 1.29 is 19.0 Å². The highest BCUT2D eigenvalue weighted by atomic mass is 16.5. The second-order valence-electron chi connectivity index (χ2n) is 5.42. The first kappa shape index (κ1) is 17.2. The van der Waals surface area contributed by atoms with Gasteiger partial charge in [0.1, 0.15) is 0 Å². The molecular formula is C19H17N3O4. The number of methoxy groups -OCH3 is 3. The first-order valence-electron chi connectivity index (χ1n) is 7.74. The molecule has 3 rings (SSSR count). The molecule has 3 aromatic rings. The van der Waals surface area contributed by atoms with Crippen LogP contribution in [0.25, 0.3) is 10.9 Å². The summed E-state index contributed by atoms with van der Waals surface area (Å²) in [7, 11) is 4.54. The molecule has 0 saturated carbocycles. The molecule has 1 heterocycles. The van der Waals surface area contributed by atoms with Gasteiger partial charge in [-0.05, 0) is 18.2 Å². The van der Waals surface area contributed by atoms with Gasteiger partial charge in [0.05, 0.1) is 49.4 Å². The Balaban J connectivity index is 2.07. The zero-order chi connectivity index (χ0) is 18.7. The Kier molecular flexibility index (Phi) is 4.67. The molecule has 2 aromatic carbocycles. The zero-order valence-electron chi connectivity index (χ0n) is 14.5. The second-order valence-corrected chi connectivity index (χ2v) is 5.42. The topological polar surface area (TPSA) is 96.4 Å². The third-order valence-corrected chi connectivity index (χ3v) is 3.97. The third-order valence-electron chi connectivity index (χ3n) is 3.97. The third kappa shape index (κ3) is 2.89. The van der Waals surface area contributed by atoms with Crippen molar-refractivity contribution in [1.29, 1.82) is 5.26 Å². The van der Waals surface area contributed by atoms with Crippen molar-refractivity contribution in [2.24, 2.45) is 0 Å². The summed E-state index contributed by atoms with van der Waals surface area (Å²) in [4.78, 5) is 15.8. The molecule has 2 N–H and O–H groups in total. The number of amides is 1. The fourth-order valence-corrected chi connectivity index (χ4v) is 2.80. The Bertz CT molecular complexity index is 1020. The minimum atomic E-state index is -0.336. The van der Waals surface area contributed by atoms with Crippen LogP contribution in [-0.2, 0) is 0 Å². The molecule has 7 nitrogen and oxygen atoms in total. The molecular weight excluding hydrogens is 334 g/mol. The van der Waals surface area contributed by atoms with Gasteiger partial charge in [0, 0.05) is 18.0 Å². The Morgan fingerprint density at radius 1 is 1.12 bits per heavy atom. The van der Waals surface area contributed by atoms with E-state index in [1.54, 1.807) is 36.5 Å². The Morgan fingerprint density at radius 3 is 2.54 bits per heavy atom. The Hall–Kier alpha value is -3.66. The zero-order valence-corrected chi connectivity index (χ0v) is 14.5. The van der Waals surface area contributed by atoms with Gasteiger partial charge in [0.15, 0.2) is 11.5 Å². The van der Waals surface area contributed by atoms with E-state index in [2.05, 4.69) is 10.3 Å². The fraction of sp³-hybridized carbons (Fsp3) is 0.158. The molecule has 7 heteroatoms. The number of ether oxygens (including phenoxy) is 3. The van der Waals surface area contributed by atoms with E-state index >= 15 is 0 Å². The van der Waals surface area contributed by atoms with Gasteiger partial charge in [-0.2, -0.15) is 5.26 Å². The number of rotatable bonds is 5. The molecule has 1 amide bonds. The highest BCUT2D eigenvalue weighted by Crippen LogP contribution is 2.44. The van der Waals surface area contributed by atoms with Crippen LogP contribution in [0.3, 0.4) is 0 Å². The standard InChI is InChI=1S/C19H17N3O4/c1-24-15-8-14-16(18(26-3)17(15)25-2)13(10-21-14)19(23)22-12-6-4-5-11(7-12)9-20/h4-8,10,21H,1-3H3,(H,22,23). The Labute approximate surface area is 150 Å². The summed E-state index contributed by atoms with van der Waals surface area (Å²) in [5, 5.41) is 12.4. The van der Waals surface area contributed by atoms with Gasteiger partial charge < -0.3 is 24.5 Å². The molecule has 26 heavy (non-hydrogen) atoms.